The van der Waals surface area contributed by atoms with Gasteiger partial charge in [-0.2, -0.15) is 0 Å². The predicted octanol–water partition coefficient (Wildman–Crippen LogP) is 4.45. The number of carbonyl (C=O) groups is 1. The number of nitrogens with one attached hydrogen (secondary N) is 1. The van der Waals surface area contributed by atoms with Gasteiger partial charge in [0.15, 0.2) is 0 Å². The second-order valence-corrected chi connectivity index (χ2v) is 7.94. The van der Waals surface area contributed by atoms with E-state index in [-0.39, 0.29) is 6.09 Å². The van der Waals surface area contributed by atoms with Crippen molar-refractivity contribution in [2.24, 2.45) is 11.8 Å². The maximum atomic E-state index is 12.2. The van der Waals surface area contributed by atoms with Crippen molar-refractivity contribution in [1.82, 2.24) is 10.2 Å². The van der Waals surface area contributed by atoms with E-state index in [4.69, 9.17) is 4.74 Å². The SMILES string of the molecule is CC.CC(C)(C)OC(=O)N1C[C@H]2CC(NCc3ccccc3)C[C@H]2C1. The molecular formula is C21H34N2O2. The van der Waals surface area contributed by atoms with Crippen molar-refractivity contribution in [3.05, 3.63) is 35.9 Å². The van der Waals surface area contributed by atoms with Crippen molar-refractivity contribution in [3.8, 4) is 0 Å². The predicted molar refractivity (Wildman–Crippen MR) is 102 cm³/mol. The maximum absolute atomic E-state index is 12.2. The van der Waals surface area contributed by atoms with Crippen LogP contribution in [0.25, 0.3) is 0 Å². The van der Waals surface area contributed by atoms with Gasteiger partial charge in [-0.15, -0.1) is 0 Å². The highest BCUT2D eigenvalue weighted by atomic mass is 16.6. The summed E-state index contributed by atoms with van der Waals surface area (Å²) in [6.07, 6.45) is 2.17. The fraction of sp³-hybridized carbons (Fsp3) is 0.667. The fourth-order valence-corrected chi connectivity index (χ4v) is 3.80. The molecule has 1 N–H and O–H groups in total. The summed E-state index contributed by atoms with van der Waals surface area (Å²) in [6.45, 7) is 12.4. The number of nitrogens with zero attached hydrogens (tertiary/aromatic N) is 1. The van der Waals surface area contributed by atoms with Crippen LogP contribution in [0.15, 0.2) is 30.3 Å². The summed E-state index contributed by atoms with van der Waals surface area (Å²) in [5.74, 6) is 1.24. The third kappa shape index (κ3) is 5.74. The van der Waals surface area contributed by atoms with E-state index in [9.17, 15) is 4.79 Å². The number of benzene rings is 1. The van der Waals surface area contributed by atoms with Crippen LogP contribution in [0.1, 0.15) is 53.0 Å². The van der Waals surface area contributed by atoms with Gasteiger partial charge < -0.3 is 15.0 Å². The Bertz CT molecular complexity index is 525. The lowest BCUT2D eigenvalue weighted by atomic mass is 10.0. The molecule has 140 valence electrons. The van der Waals surface area contributed by atoms with Crippen molar-refractivity contribution >= 4 is 6.09 Å². The first kappa shape index (κ1) is 19.8. The summed E-state index contributed by atoms with van der Waals surface area (Å²) in [5, 5.41) is 3.67. The van der Waals surface area contributed by atoms with E-state index in [0.29, 0.717) is 17.9 Å². The van der Waals surface area contributed by atoms with E-state index in [1.807, 2.05) is 39.5 Å². The Morgan fingerprint density at radius 2 is 1.68 bits per heavy atom. The zero-order valence-electron chi connectivity index (χ0n) is 16.4. The Hall–Kier alpha value is -1.55. The summed E-state index contributed by atoms with van der Waals surface area (Å²) < 4.78 is 5.49. The topological polar surface area (TPSA) is 41.6 Å². The summed E-state index contributed by atoms with van der Waals surface area (Å²) in [7, 11) is 0. The average molecular weight is 347 g/mol. The van der Waals surface area contributed by atoms with E-state index in [1.165, 1.54) is 5.56 Å². The van der Waals surface area contributed by atoms with Gasteiger partial charge in [0.1, 0.15) is 5.60 Å². The van der Waals surface area contributed by atoms with Gasteiger partial charge in [-0.1, -0.05) is 44.2 Å². The van der Waals surface area contributed by atoms with Gasteiger partial charge in [-0.3, -0.25) is 0 Å². The molecule has 1 aliphatic heterocycles. The summed E-state index contributed by atoms with van der Waals surface area (Å²) >= 11 is 0. The Morgan fingerprint density at radius 3 is 2.20 bits per heavy atom. The van der Waals surface area contributed by atoms with Crippen LogP contribution in [0, 0.1) is 11.8 Å². The van der Waals surface area contributed by atoms with Crippen LogP contribution in [-0.4, -0.2) is 35.7 Å². The number of carbonyl (C=O) groups excluding carboxylic acids is 1. The summed E-state index contributed by atoms with van der Waals surface area (Å²) in [5.41, 5.74) is 0.925. The molecule has 1 saturated carbocycles. The third-order valence-electron chi connectivity index (χ3n) is 4.84. The van der Waals surface area contributed by atoms with Crippen molar-refractivity contribution in [3.63, 3.8) is 0 Å². The molecule has 25 heavy (non-hydrogen) atoms. The van der Waals surface area contributed by atoms with Crippen molar-refractivity contribution in [2.45, 2.75) is 65.6 Å². The second kappa shape index (κ2) is 8.70. The minimum Gasteiger partial charge on any atom is -0.444 e. The second-order valence-electron chi connectivity index (χ2n) is 7.94. The number of rotatable bonds is 3. The molecule has 0 aromatic heterocycles. The van der Waals surface area contributed by atoms with Crippen LogP contribution >= 0.6 is 0 Å². The lowest BCUT2D eigenvalue weighted by Crippen LogP contribution is -2.37. The molecule has 3 atom stereocenters. The molecule has 1 amide bonds. The standard InChI is InChI=1S/C19H28N2O2.C2H6/c1-19(2,3)23-18(22)21-12-15-9-17(10-16(15)13-21)20-11-14-7-5-4-6-8-14;1-2/h4-8,15-17,20H,9-13H2,1-3H3;1-2H3/t15-,16+,17?;. The van der Waals surface area contributed by atoms with Gasteiger partial charge in [0, 0.05) is 25.7 Å². The van der Waals surface area contributed by atoms with E-state index in [2.05, 4.69) is 35.6 Å². The number of fused-ring (bicyclic) bond motifs is 1. The highest BCUT2D eigenvalue weighted by Crippen LogP contribution is 2.38. The number of amides is 1. The Morgan fingerprint density at radius 1 is 1.12 bits per heavy atom. The molecule has 0 spiro atoms. The Balaban J connectivity index is 0.00000109. The summed E-state index contributed by atoms with van der Waals surface area (Å²) in [4.78, 5) is 14.1. The van der Waals surface area contributed by atoms with Crippen LogP contribution in [0.3, 0.4) is 0 Å². The molecule has 3 rings (SSSR count). The lowest BCUT2D eigenvalue weighted by molar-refractivity contribution is 0.0279. The first-order chi connectivity index (χ1) is 11.9. The van der Waals surface area contributed by atoms with Crippen molar-refractivity contribution in [2.75, 3.05) is 13.1 Å². The number of ether oxygens (including phenoxy) is 1. The van der Waals surface area contributed by atoms with Crippen molar-refractivity contribution < 1.29 is 9.53 Å². The zero-order chi connectivity index (χ0) is 18.4. The molecule has 1 aromatic rings. The molecule has 4 nitrogen and oxygen atoms in total. The van der Waals surface area contributed by atoms with Crippen LogP contribution in [0.2, 0.25) is 0 Å². The number of hydrogen-bond donors (Lipinski definition) is 1. The zero-order valence-corrected chi connectivity index (χ0v) is 16.4. The molecule has 1 aliphatic carbocycles. The molecule has 2 aliphatic rings. The van der Waals surface area contributed by atoms with Gasteiger partial charge in [0.2, 0.25) is 0 Å². The Kier molecular flexibility index (Phi) is 6.88. The van der Waals surface area contributed by atoms with Crippen LogP contribution < -0.4 is 5.32 Å². The highest BCUT2D eigenvalue weighted by Gasteiger charge is 2.43. The van der Waals surface area contributed by atoms with Gasteiger partial charge in [0.25, 0.3) is 0 Å². The minimum atomic E-state index is -0.408. The smallest absolute Gasteiger partial charge is 0.410 e. The van der Waals surface area contributed by atoms with E-state index >= 15 is 0 Å². The fourth-order valence-electron chi connectivity index (χ4n) is 3.80. The molecule has 0 radical (unpaired) electrons. The molecule has 4 heteroatoms. The van der Waals surface area contributed by atoms with Crippen molar-refractivity contribution in [1.29, 1.82) is 0 Å². The third-order valence-corrected chi connectivity index (χ3v) is 4.84. The monoisotopic (exact) mass is 346 g/mol. The molecular weight excluding hydrogens is 312 g/mol. The molecule has 1 unspecified atom stereocenters. The highest BCUT2D eigenvalue weighted by molar-refractivity contribution is 5.68. The van der Waals surface area contributed by atoms with E-state index in [0.717, 1.165) is 32.5 Å². The summed E-state index contributed by atoms with van der Waals surface area (Å²) in [6, 6.07) is 11.1. The van der Waals surface area contributed by atoms with Crippen LogP contribution in [0.4, 0.5) is 4.79 Å². The van der Waals surface area contributed by atoms with Crippen LogP contribution in [0.5, 0.6) is 0 Å². The molecule has 0 bridgehead atoms. The maximum Gasteiger partial charge on any atom is 0.410 e. The van der Waals surface area contributed by atoms with Gasteiger partial charge in [-0.25, -0.2) is 4.79 Å². The quantitative estimate of drug-likeness (QED) is 0.879. The molecule has 1 heterocycles. The van der Waals surface area contributed by atoms with Gasteiger partial charge >= 0.3 is 6.09 Å². The molecule has 1 saturated heterocycles. The van der Waals surface area contributed by atoms with Gasteiger partial charge in [-0.05, 0) is 51.0 Å². The first-order valence-corrected chi connectivity index (χ1v) is 9.66. The van der Waals surface area contributed by atoms with Crippen LogP contribution in [-0.2, 0) is 11.3 Å². The average Bonchev–Trinajstić information content (AvgIpc) is 3.13. The normalized spacial score (nSPS) is 25.2. The molecule has 2 fully saturated rings. The molecule has 1 aromatic carbocycles. The van der Waals surface area contributed by atoms with Gasteiger partial charge in [0.05, 0.1) is 0 Å². The number of likely N-dealkylation sites (tertiary alicyclic amines) is 1. The largest absolute Gasteiger partial charge is 0.444 e. The van der Waals surface area contributed by atoms with E-state index < -0.39 is 5.60 Å². The van der Waals surface area contributed by atoms with E-state index in [1.54, 1.807) is 0 Å². The Labute approximate surface area is 152 Å². The lowest BCUT2D eigenvalue weighted by Gasteiger charge is -2.25. The number of hydrogen-bond acceptors (Lipinski definition) is 3. The first-order valence-electron chi connectivity index (χ1n) is 9.66. The minimum absolute atomic E-state index is 0.152.